The van der Waals surface area contributed by atoms with E-state index < -0.39 is 41.2 Å². The van der Waals surface area contributed by atoms with E-state index in [4.69, 9.17) is 14.2 Å². The van der Waals surface area contributed by atoms with Crippen LogP contribution in [-0.2, 0) is 14.3 Å². The Morgan fingerprint density at radius 2 is 2.03 bits per heavy atom. The first-order valence-electron chi connectivity index (χ1n) is 10.5. The summed E-state index contributed by atoms with van der Waals surface area (Å²) in [6.45, 7) is 6.91. The molecule has 1 fully saturated rings. The Bertz CT molecular complexity index is 1100. The lowest BCUT2D eigenvalue weighted by molar-refractivity contribution is -0.145. The average molecular weight is 446 g/mol. The van der Waals surface area contributed by atoms with Crippen molar-refractivity contribution in [1.82, 2.24) is 9.88 Å². The maximum Gasteiger partial charge on any atom is 0.411 e. The third kappa shape index (κ3) is 3.74. The van der Waals surface area contributed by atoms with Crippen molar-refractivity contribution in [3.8, 4) is 5.75 Å². The molecule has 4 rings (SSSR count). The highest BCUT2D eigenvalue weighted by Crippen LogP contribution is 2.49. The Morgan fingerprint density at radius 3 is 2.69 bits per heavy atom. The molecule has 0 saturated carbocycles. The number of para-hydroxylation sites is 1. The molecule has 9 heteroatoms. The van der Waals surface area contributed by atoms with E-state index in [0.29, 0.717) is 22.4 Å². The maximum atomic E-state index is 14.3. The fourth-order valence-corrected chi connectivity index (χ4v) is 4.58. The first kappa shape index (κ1) is 22.3. The Hall–Kier alpha value is -2.94. The molecule has 0 radical (unpaired) electrons. The van der Waals surface area contributed by atoms with Gasteiger partial charge in [0.1, 0.15) is 34.3 Å². The molecule has 3 atom stereocenters. The fourth-order valence-electron chi connectivity index (χ4n) is 4.58. The van der Waals surface area contributed by atoms with Crippen molar-refractivity contribution in [2.45, 2.75) is 63.9 Å². The van der Waals surface area contributed by atoms with Crippen molar-refractivity contribution in [2.24, 2.45) is 0 Å². The summed E-state index contributed by atoms with van der Waals surface area (Å²) < 4.78 is 31.1. The number of aryl methyl sites for hydroxylation is 1. The van der Waals surface area contributed by atoms with Gasteiger partial charge in [-0.05, 0) is 33.8 Å². The van der Waals surface area contributed by atoms with E-state index in [1.807, 2.05) is 0 Å². The SMILES string of the molecule is COC(=O)[C@@H]1C[C@]2(CC(O)c3c(c(C)nc4c(F)cccc34)O2)CN1C(=O)OC(C)(C)C. The molecule has 1 unspecified atom stereocenters. The van der Waals surface area contributed by atoms with Gasteiger partial charge < -0.3 is 19.3 Å². The van der Waals surface area contributed by atoms with Gasteiger partial charge in [-0.3, -0.25) is 4.90 Å². The molecule has 3 heterocycles. The minimum absolute atomic E-state index is 0.0266. The molecule has 1 aromatic carbocycles. The number of fused-ring (bicyclic) bond motifs is 3. The van der Waals surface area contributed by atoms with Crippen LogP contribution in [0.3, 0.4) is 0 Å². The van der Waals surface area contributed by atoms with Gasteiger partial charge >= 0.3 is 12.1 Å². The molecule has 32 heavy (non-hydrogen) atoms. The second-order valence-corrected chi connectivity index (χ2v) is 9.43. The number of nitrogens with zero attached hydrogens (tertiary/aromatic N) is 2. The normalized spacial score (nSPS) is 24.9. The molecule has 1 saturated heterocycles. The Balaban J connectivity index is 1.74. The summed E-state index contributed by atoms with van der Waals surface area (Å²) in [5.74, 6) is -0.729. The molecule has 0 bridgehead atoms. The molecular weight excluding hydrogens is 419 g/mol. The van der Waals surface area contributed by atoms with Gasteiger partial charge in [0.2, 0.25) is 0 Å². The van der Waals surface area contributed by atoms with Crippen molar-refractivity contribution in [2.75, 3.05) is 13.7 Å². The van der Waals surface area contributed by atoms with Gasteiger partial charge in [0, 0.05) is 23.8 Å². The van der Waals surface area contributed by atoms with Crippen LogP contribution < -0.4 is 4.74 Å². The number of likely N-dealkylation sites (tertiary alicyclic amines) is 1. The molecule has 1 amide bonds. The van der Waals surface area contributed by atoms with E-state index >= 15 is 0 Å². The summed E-state index contributed by atoms with van der Waals surface area (Å²) in [6.07, 6.45) is -1.43. The van der Waals surface area contributed by atoms with Crippen molar-refractivity contribution in [3.05, 3.63) is 35.3 Å². The van der Waals surface area contributed by atoms with Crippen LogP contribution in [0, 0.1) is 12.7 Å². The number of carbonyl (C=O) groups excluding carboxylic acids is 2. The Morgan fingerprint density at radius 1 is 1.31 bits per heavy atom. The third-order valence-corrected chi connectivity index (χ3v) is 5.85. The predicted octanol–water partition coefficient (Wildman–Crippen LogP) is 3.42. The summed E-state index contributed by atoms with van der Waals surface area (Å²) in [4.78, 5) is 31.0. The van der Waals surface area contributed by atoms with Crippen LogP contribution in [0.5, 0.6) is 5.75 Å². The standard InChI is InChI=1S/C23H27FN2O6/c1-12-19-17(13-7-6-8-14(24)18(13)25-12)16(27)10-23(31-19)9-15(20(28)30-5)26(11-23)21(29)32-22(2,3)4/h6-8,15-16,27H,9-11H2,1-5H3/t15-,16?,23-/m0/s1. The molecule has 2 aliphatic heterocycles. The highest BCUT2D eigenvalue weighted by molar-refractivity contribution is 5.86. The minimum Gasteiger partial charge on any atom is -0.483 e. The zero-order chi connectivity index (χ0) is 23.4. The van der Waals surface area contributed by atoms with Crippen LogP contribution in [0.2, 0.25) is 0 Å². The third-order valence-electron chi connectivity index (χ3n) is 5.85. The number of hydrogen-bond acceptors (Lipinski definition) is 7. The van der Waals surface area contributed by atoms with Crippen LogP contribution in [0.25, 0.3) is 10.9 Å². The molecular formula is C23H27FN2O6. The molecule has 1 aromatic heterocycles. The number of benzene rings is 1. The number of aliphatic hydroxyl groups is 1. The Labute approximate surface area is 185 Å². The number of halogens is 1. The van der Waals surface area contributed by atoms with E-state index in [2.05, 4.69) is 4.98 Å². The number of esters is 1. The quantitative estimate of drug-likeness (QED) is 0.670. The number of methoxy groups -OCH3 is 1. The second-order valence-electron chi connectivity index (χ2n) is 9.43. The topological polar surface area (TPSA) is 98.2 Å². The van der Waals surface area contributed by atoms with Gasteiger partial charge in [-0.1, -0.05) is 12.1 Å². The number of rotatable bonds is 1. The number of ether oxygens (including phenoxy) is 3. The number of pyridine rings is 1. The highest BCUT2D eigenvalue weighted by atomic mass is 19.1. The second kappa shape index (κ2) is 7.58. The van der Waals surface area contributed by atoms with E-state index in [1.54, 1.807) is 39.8 Å². The van der Waals surface area contributed by atoms with Crippen molar-refractivity contribution >= 4 is 23.0 Å². The van der Waals surface area contributed by atoms with Crippen molar-refractivity contribution in [1.29, 1.82) is 0 Å². The zero-order valence-electron chi connectivity index (χ0n) is 18.8. The molecule has 1 N–H and O–H groups in total. The lowest BCUT2D eigenvalue weighted by atomic mass is 9.85. The van der Waals surface area contributed by atoms with E-state index in [9.17, 15) is 19.1 Å². The van der Waals surface area contributed by atoms with Gasteiger partial charge in [-0.2, -0.15) is 0 Å². The monoisotopic (exact) mass is 446 g/mol. The van der Waals surface area contributed by atoms with Gasteiger partial charge in [-0.25, -0.2) is 19.0 Å². The predicted molar refractivity (Wildman–Crippen MR) is 113 cm³/mol. The molecule has 8 nitrogen and oxygen atoms in total. The van der Waals surface area contributed by atoms with Gasteiger partial charge in [-0.15, -0.1) is 0 Å². The van der Waals surface area contributed by atoms with Crippen LogP contribution in [0.4, 0.5) is 9.18 Å². The minimum atomic E-state index is -1.05. The molecule has 2 aliphatic rings. The van der Waals surface area contributed by atoms with Crippen LogP contribution in [-0.4, -0.2) is 58.0 Å². The van der Waals surface area contributed by atoms with Gasteiger partial charge in [0.25, 0.3) is 0 Å². The number of aromatic nitrogens is 1. The largest absolute Gasteiger partial charge is 0.483 e. The summed E-state index contributed by atoms with van der Waals surface area (Å²) in [5, 5.41) is 11.6. The number of carbonyl (C=O) groups is 2. The summed E-state index contributed by atoms with van der Waals surface area (Å²) in [5.41, 5.74) is -0.757. The van der Waals surface area contributed by atoms with E-state index in [0.717, 1.165) is 0 Å². The zero-order valence-corrected chi connectivity index (χ0v) is 18.8. The van der Waals surface area contributed by atoms with Crippen LogP contribution >= 0.6 is 0 Å². The fraction of sp³-hybridized carbons (Fsp3) is 0.522. The van der Waals surface area contributed by atoms with Crippen LogP contribution in [0.15, 0.2) is 18.2 Å². The number of hydrogen-bond donors (Lipinski definition) is 1. The highest BCUT2D eigenvalue weighted by Gasteiger charge is 2.55. The summed E-state index contributed by atoms with van der Waals surface area (Å²) >= 11 is 0. The lowest BCUT2D eigenvalue weighted by Gasteiger charge is -2.39. The van der Waals surface area contributed by atoms with Crippen molar-refractivity contribution in [3.63, 3.8) is 0 Å². The summed E-state index contributed by atoms with van der Waals surface area (Å²) in [7, 11) is 1.25. The molecule has 1 spiro atoms. The van der Waals surface area contributed by atoms with Crippen LogP contribution in [0.1, 0.15) is 51.0 Å². The number of aliphatic hydroxyl groups excluding tert-OH is 1. The number of amides is 1. The molecule has 2 aromatic rings. The first-order valence-corrected chi connectivity index (χ1v) is 10.5. The lowest BCUT2D eigenvalue weighted by Crippen LogP contribution is -2.46. The van der Waals surface area contributed by atoms with E-state index in [-0.39, 0.29) is 24.9 Å². The molecule has 172 valence electrons. The van der Waals surface area contributed by atoms with Gasteiger partial charge in [0.15, 0.2) is 0 Å². The molecule has 0 aliphatic carbocycles. The first-order chi connectivity index (χ1) is 14.9. The maximum absolute atomic E-state index is 14.3. The average Bonchev–Trinajstić information content (AvgIpc) is 3.06. The van der Waals surface area contributed by atoms with E-state index in [1.165, 1.54) is 18.1 Å². The van der Waals surface area contributed by atoms with Gasteiger partial charge in [0.05, 0.1) is 25.5 Å². The summed E-state index contributed by atoms with van der Waals surface area (Å²) in [6, 6.07) is 3.64. The smallest absolute Gasteiger partial charge is 0.411 e. The van der Waals surface area contributed by atoms with Crippen molar-refractivity contribution < 1.29 is 33.3 Å². The Kier molecular flexibility index (Phi) is 5.27.